The normalized spacial score (nSPS) is 11.3. The second-order valence-electron chi connectivity index (χ2n) is 5.27. The van der Waals surface area contributed by atoms with Crippen molar-refractivity contribution in [3.05, 3.63) is 45.9 Å². The van der Waals surface area contributed by atoms with Crippen LogP contribution in [-0.2, 0) is 10.0 Å². The molecule has 5 nitrogen and oxygen atoms in total. The number of rotatable bonds is 4. The fourth-order valence-electron chi connectivity index (χ4n) is 2.34. The summed E-state index contributed by atoms with van der Waals surface area (Å²) in [5.41, 5.74) is 2.58. The van der Waals surface area contributed by atoms with Gasteiger partial charge in [-0.2, -0.15) is 0 Å². The molecule has 0 saturated heterocycles. The van der Waals surface area contributed by atoms with Crippen LogP contribution < -0.4 is 9.04 Å². The van der Waals surface area contributed by atoms with Gasteiger partial charge >= 0.3 is 0 Å². The van der Waals surface area contributed by atoms with Crippen molar-refractivity contribution < 1.29 is 18.3 Å². The predicted octanol–water partition coefficient (Wildman–Crippen LogP) is 3.88. The minimum absolute atomic E-state index is 0.0461. The highest BCUT2D eigenvalue weighted by Crippen LogP contribution is 2.37. The maximum absolute atomic E-state index is 12.4. The lowest BCUT2D eigenvalue weighted by Crippen LogP contribution is -2.25. The Morgan fingerprint density at radius 3 is 2.30 bits per heavy atom. The highest BCUT2D eigenvalue weighted by molar-refractivity contribution is 9.10. The van der Waals surface area contributed by atoms with Gasteiger partial charge in [0.05, 0.1) is 29.2 Å². The van der Waals surface area contributed by atoms with Gasteiger partial charge in [0.25, 0.3) is 0 Å². The first-order valence-corrected chi connectivity index (χ1v) is 9.43. The third-order valence-electron chi connectivity index (χ3n) is 3.43. The summed E-state index contributed by atoms with van der Waals surface area (Å²) in [6, 6.07) is 8.15. The molecular weight excluding hydrogens is 382 g/mol. The van der Waals surface area contributed by atoms with E-state index in [0.29, 0.717) is 21.6 Å². The molecule has 2 aromatic rings. The topological polar surface area (TPSA) is 66.8 Å². The van der Waals surface area contributed by atoms with E-state index in [1.165, 1.54) is 10.4 Å². The van der Waals surface area contributed by atoms with Crippen molar-refractivity contribution >= 4 is 37.3 Å². The van der Waals surface area contributed by atoms with Gasteiger partial charge in [-0.05, 0) is 71.2 Å². The van der Waals surface area contributed by atoms with Crippen molar-refractivity contribution in [2.45, 2.75) is 13.8 Å². The van der Waals surface area contributed by atoms with Gasteiger partial charge in [0, 0.05) is 0 Å². The van der Waals surface area contributed by atoms with Crippen LogP contribution in [0.15, 0.2) is 34.8 Å². The molecule has 0 unspecified atom stereocenters. The van der Waals surface area contributed by atoms with E-state index in [2.05, 4.69) is 15.9 Å². The molecule has 0 saturated carbocycles. The number of phenols is 1. The summed E-state index contributed by atoms with van der Waals surface area (Å²) in [4.78, 5) is 0. The van der Waals surface area contributed by atoms with Gasteiger partial charge in [0.15, 0.2) is 0 Å². The van der Waals surface area contributed by atoms with Crippen LogP contribution in [0.2, 0.25) is 0 Å². The Bertz CT molecular complexity index is 849. The summed E-state index contributed by atoms with van der Waals surface area (Å²) in [7, 11) is -1.99. The van der Waals surface area contributed by atoms with E-state index in [9.17, 15) is 13.5 Å². The zero-order valence-corrected chi connectivity index (χ0v) is 15.7. The van der Waals surface area contributed by atoms with E-state index in [0.717, 1.165) is 17.4 Å². The summed E-state index contributed by atoms with van der Waals surface area (Å²) in [6.07, 6.45) is 1.15. The first-order chi connectivity index (χ1) is 10.6. The van der Waals surface area contributed by atoms with Gasteiger partial charge in [0.2, 0.25) is 10.0 Å². The number of ether oxygens (including phenoxy) is 1. The minimum Gasteiger partial charge on any atom is -0.507 e. The maximum atomic E-state index is 12.4. The van der Waals surface area contributed by atoms with Gasteiger partial charge in [-0.15, -0.1) is 0 Å². The molecule has 0 amide bonds. The molecule has 0 aliphatic carbocycles. The molecule has 0 spiro atoms. The number of sulfonamides is 1. The second kappa shape index (κ2) is 6.41. The SMILES string of the molecule is COc1cc(C)c(N(c2ccc(O)c(Br)c2)S(C)(=O)=O)cc1C. The number of aryl methyl sites for hydroxylation is 2. The third-order valence-corrected chi connectivity index (χ3v) is 5.14. The molecule has 23 heavy (non-hydrogen) atoms. The number of halogens is 1. The largest absolute Gasteiger partial charge is 0.507 e. The summed E-state index contributed by atoms with van der Waals surface area (Å²) in [6.45, 7) is 3.68. The van der Waals surface area contributed by atoms with Gasteiger partial charge in [0.1, 0.15) is 11.5 Å². The molecule has 0 heterocycles. The van der Waals surface area contributed by atoms with Gasteiger partial charge in [-0.1, -0.05) is 0 Å². The van der Waals surface area contributed by atoms with E-state index < -0.39 is 10.0 Å². The Labute approximate surface area is 144 Å². The maximum Gasteiger partial charge on any atom is 0.236 e. The number of hydrogen-bond acceptors (Lipinski definition) is 4. The third kappa shape index (κ3) is 3.61. The quantitative estimate of drug-likeness (QED) is 0.846. The van der Waals surface area contributed by atoms with Crippen LogP contribution in [0.25, 0.3) is 0 Å². The average Bonchev–Trinajstić information content (AvgIpc) is 2.45. The summed E-state index contributed by atoms with van der Waals surface area (Å²) in [5.74, 6) is 0.747. The summed E-state index contributed by atoms with van der Waals surface area (Å²) >= 11 is 3.22. The smallest absolute Gasteiger partial charge is 0.236 e. The van der Waals surface area contributed by atoms with Crippen LogP contribution in [0.4, 0.5) is 11.4 Å². The number of benzene rings is 2. The highest BCUT2D eigenvalue weighted by atomic mass is 79.9. The lowest BCUT2D eigenvalue weighted by molar-refractivity contribution is 0.411. The van der Waals surface area contributed by atoms with Crippen LogP contribution in [0.1, 0.15) is 11.1 Å². The monoisotopic (exact) mass is 399 g/mol. The number of phenolic OH excluding ortho intramolecular Hbond substituents is 1. The average molecular weight is 400 g/mol. The molecule has 0 aliphatic rings. The number of anilines is 2. The Kier molecular flexibility index (Phi) is 4.91. The second-order valence-corrected chi connectivity index (χ2v) is 7.96. The van der Waals surface area contributed by atoms with Crippen LogP contribution in [0.5, 0.6) is 11.5 Å². The molecule has 0 aromatic heterocycles. The van der Waals surface area contributed by atoms with Gasteiger partial charge in [-0.25, -0.2) is 12.7 Å². The Hall–Kier alpha value is -1.73. The van der Waals surface area contributed by atoms with Crippen molar-refractivity contribution in [3.63, 3.8) is 0 Å². The van der Waals surface area contributed by atoms with Crippen molar-refractivity contribution in [1.82, 2.24) is 0 Å². The number of nitrogens with zero attached hydrogens (tertiary/aromatic N) is 1. The van der Waals surface area contributed by atoms with Crippen LogP contribution in [0, 0.1) is 13.8 Å². The molecule has 124 valence electrons. The van der Waals surface area contributed by atoms with E-state index >= 15 is 0 Å². The molecular formula is C16H18BrNO4S. The predicted molar refractivity (Wildman–Crippen MR) is 95.3 cm³/mol. The number of methoxy groups -OCH3 is 1. The fraction of sp³-hybridized carbons (Fsp3) is 0.250. The minimum atomic E-state index is -3.57. The molecule has 0 fully saturated rings. The zero-order chi connectivity index (χ0) is 17.4. The Morgan fingerprint density at radius 2 is 1.78 bits per heavy atom. The molecule has 7 heteroatoms. The first-order valence-electron chi connectivity index (χ1n) is 6.79. The van der Waals surface area contributed by atoms with Crippen molar-refractivity contribution in [1.29, 1.82) is 0 Å². The first kappa shape index (κ1) is 17.6. The van der Waals surface area contributed by atoms with Crippen LogP contribution >= 0.6 is 15.9 Å². The molecule has 0 bridgehead atoms. The zero-order valence-electron chi connectivity index (χ0n) is 13.3. The van der Waals surface area contributed by atoms with E-state index in [-0.39, 0.29) is 5.75 Å². The van der Waals surface area contributed by atoms with Crippen LogP contribution in [-0.4, -0.2) is 26.9 Å². The fourth-order valence-corrected chi connectivity index (χ4v) is 3.76. The van der Waals surface area contributed by atoms with Crippen molar-refractivity contribution in [3.8, 4) is 11.5 Å². The van der Waals surface area contributed by atoms with Gasteiger partial charge < -0.3 is 9.84 Å². The molecule has 0 atom stereocenters. The highest BCUT2D eigenvalue weighted by Gasteiger charge is 2.23. The van der Waals surface area contributed by atoms with Gasteiger partial charge in [-0.3, -0.25) is 0 Å². The lowest BCUT2D eigenvalue weighted by Gasteiger charge is -2.25. The number of hydrogen-bond donors (Lipinski definition) is 1. The van der Waals surface area contributed by atoms with E-state index in [4.69, 9.17) is 4.74 Å². The molecule has 1 N–H and O–H groups in total. The van der Waals surface area contributed by atoms with E-state index in [1.54, 1.807) is 31.4 Å². The van der Waals surface area contributed by atoms with Crippen LogP contribution in [0.3, 0.4) is 0 Å². The molecule has 0 aliphatic heterocycles. The molecule has 0 radical (unpaired) electrons. The van der Waals surface area contributed by atoms with Crippen molar-refractivity contribution in [2.24, 2.45) is 0 Å². The van der Waals surface area contributed by atoms with Crippen molar-refractivity contribution in [2.75, 3.05) is 17.7 Å². The lowest BCUT2D eigenvalue weighted by atomic mass is 10.1. The standard InChI is InChI=1S/C16H18BrNO4S/c1-10-8-16(22-3)11(2)7-14(10)18(23(4,20)21)12-5-6-15(19)13(17)9-12/h5-9,19H,1-4H3. The Morgan fingerprint density at radius 1 is 1.13 bits per heavy atom. The molecule has 2 aromatic carbocycles. The summed E-state index contributed by atoms with van der Waals surface area (Å²) in [5, 5.41) is 9.63. The number of aromatic hydroxyl groups is 1. The van der Waals surface area contributed by atoms with E-state index in [1.807, 2.05) is 13.8 Å². The molecule has 2 rings (SSSR count). The summed E-state index contributed by atoms with van der Waals surface area (Å²) < 4.78 is 31.7. The Balaban J connectivity index is 2.70.